The average Bonchev–Trinajstić information content (AvgIpc) is 2.55. The van der Waals surface area contributed by atoms with E-state index in [0.29, 0.717) is 11.3 Å². The fourth-order valence-corrected chi connectivity index (χ4v) is 3.66. The number of unbranched alkanes of at least 4 members (excludes halogenated alkanes) is 1. The van der Waals surface area contributed by atoms with Crippen LogP contribution in [0.15, 0.2) is 23.1 Å². The predicted octanol–water partition coefficient (Wildman–Crippen LogP) is 1.30. The lowest BCUT2D eigenvalue weighted by Crippen LogP contribution is -2.00. The average molecular weight is 239 g/mol. The molecule has 0 aliphatic carbocycles. The van der Waals surface area contributed by atoms with Crippen LogP contribution in [0.4, 0.5) is 0 Å². The zero-order valence-electron chi connectivity index (χ0n) is 9.28. The summed E-state index contributed by atoms with van der Waals surface area (Å²) in [4.78, 5) is 0.537. The SMILES string of the molecule is NCCCCc1ccc2c(c1)CCS2(=O)=O. The lowest BCUT2D eigenvalue weighted by atomic mass is 10.0. The highest BCUT2D eigenvalue weighted by atomic mass is 32.2. The van der Waals surface area contributed by atoms with Gasteiger partial charge in [0.25, 0.3) is 0 Å². The van der Waals surface area contributed by atoms with E-state index in [-0.39, 0.29) is 5.75 Å². The molecule has 3 nitrogen and oxygen atoms in total. The Bertz CT molecular complexity index is 480. The van der Waals surface area contributed by atoms with Gasteiger partial charge in [0.05, 0.1) is 10.6 Å². The normalized spacial score (nSPS) is 17.3. The number of aryl methyl sites for hydroxylation is 2. The Labute approximate surface area is 96.6 Å². The van der Waals surface area contributed by atoms with Gasteiger partial charge < -0.3 is 5.73 Å². The van der Waals surface area contributed by atoms with Gasteiger partial charge in [-0.25, -0.2) is 8.42 Å². The Hall–Kier alpha value is -0.870. The van der Waals surface area contributed by atoms with Crippen molar-refractivity contribution in [2.24, 2.45) is 5.73 Å². The molecule has 0 radical (unpaired) electrons. The third-order valence-corrected chi connectivity index (χ3v) is 4.83. The molecule has 0 saturated carbocycles. The van der Waals surface area contributed by atoms with Crippen LogP contribution in [0, 0.1) is 0 Å². The Morgan fingerprint density at radius 2 is 2.06 bits per heavy atom. The Kier molecular flexibility index (Phi) is 3.30. The highest BCUT2D eigenvalue weighted by molar-refractivity contribution is 7.91. The molecule has 0 amide bonds. The molecule has 88 valence electrons. The number of benzene rings is 1. The van der Waals surface area contributed by atoms with Crippen LogP contribution in [0.2, 0.25) is 0 Å². The molecule has 0 bridgehead atoms. The summed E-state index contributed by atoms with van der Waals surface area (Å²) in [6.07, 6.45) is 3.75. The van der Waals surface area contributed by atoms with Crippen LogP contribution in [-0.2, 0) is 22.7 Å². The number of rotatable bonds is 4. The van der Waals surface area contributed by atoms with Crippen molar-refractivity contribution in [2.45, 2.75) is 30.6 Å². The number of hydrogen-bond acceptors (Lipinski definition) is 3. The van der Waals surface area contributed by atoms with E-state index in [4.69, 9.17) is 5.73 Å². The van der Waals surface area contributed by atoms with Crippen molar-refractivity contribution in [3.63, 3.8) is 0 Å². The maximum Gasteiger partial charge on any atom is 0.178 e. The van der Waals surface area contributed by atoms with E-state index in [1.54, 1.807) is 6.07 Å². The number of sulfone groups is 1. The topological polar surface area (TPSA) is 60.2 Å². The van der Waals surface area contributed by atoms with Crippen molar-refractivity contribution in [2.75, 3.05) is 12.3 Å². The summed E-state index contributed by atoms with van der Waals surface area (Å²) in [5.41, 5.74) is 7.66. The van der Waals surface area contributed by atoms with E-state index in [1.165, 1.54) is 5.56 Å². The molecule has 0 spiro atoms. The monoisotopic (exact) mass is 239 g/mol. The Morgan fingerprint density at radius 1 is 1.25 bits per heavy atom. The van der Waals surface area contributed by atoms with Gasteiger partial charge in [0.1, 0.15) is 0 Å². The predicted molar refractivity (Wildman–Crippen MR) is 64.2 cm³/mol. The highest BCUT2D eigenvalue weighted by Crippen LogP contribution is 2.26. The van der Waals surface area contributed by atoms with E-state index >= 15 is 0 Å². The molecule has 2 rings (SSSR count). The maximum atomic E-state index is 11.6. The zero-order chi connectivity index (χ0) is 11.6. The van der Waals surface area contributed by atoms with E-state index in [0.717, 1.165) is 31.4 Å². The molecule has 1 aliphatic rings. The molecule has 0 saturated heterocycles. The summed E-state index contributed by atoms with van der Waals surface area (Å²) in [5, 5.41) is 0. The third kappa shape index (κ3) is 2.28. The number of nitrogens with two attached hydrogens (primary N) is 1. The van der Waals surface area contributed by atoms with Crippen LogP contribution < -0.4 is 5.73 Å². The molecule has 1 heterocycles. The zero-order valence-corrected chi connectivity index (χ0v) is 10.1. The van der Waals surface area contributed by atoms with Gasteiger partial charge in [-0.2, -0.15) is 0 Å². The molecule has 0 fully saturated rings. The molecule has 16 heavy (non-hydrogen) atoms. The number of fused-ring (bicyclic) bond motifs is 1. The van der Waals surface area contributed by atoms with Gasteiger partial charge in [-0.15, -0.1) is 0 Å². The van der Waals surface area contributed by atoms with Crippen molar-refractivity contribution in [1.29, 1.82) is 0 Å². The van der Waals surface area contributed by atoms with Crippen LogP contribution >= 0.6 is 0 Å². The second kappa shape index (κ2) is 4.55. The van der Waals surface area contributed by atoms with Gasteiger partial charge in [-0.1, -0.05) is 12.1 Å². The first kappa shape index (κ1) is 11.6. The standard InChI is InChI=1S/C12H17NO2S/c13-7-2-1-3-10-4-5-12-11(9-10)6-8-16(12,14)15/h4-5,9H,1-3,6-8,13H2. The Morgan fingerprint density at radius 3 is 2.81 bits per heavy atom. The van der Waals surface area contributed by atoms with Crippen LogP contribution in [-0.4, -0.2) is 20.7 Å². The lowest BCUT2D eigenvalue weighted by Gasteiger charge is -2.03. The van der Waals surface area contributed by atoms with E-state index in [2.05, 4.69) is 0 Å². The number of hydrogen-bond donors (Lipinski definition) is 1. The van der Waals surface area contributed by atoms with Gasteiger partial charge in [-0.05, 0) is 49.4 Å². The van der Waals surface area contributed by atoms with Crippen molar-refractivity contribution in [3.05, 3.63) is 29.3 Å². The van der Waals surface area contributed by atoms with Crippen LogP contribution in [0.5, 0.6) is 0 Å². The van der Waals surface area contributed by atoms with E-state index in [1.807, 2.05) is 12.1 Å². The quantitative estimate of drug-likeness (QED) is 0.806. The van der Waals surface area contributed by atoms with Gasteiger partial charge >= 0.3 is 0 Å². The second-order valence-electron chi connectivity index (χ2n) is 4.26. The molecule has 0 aromatic heterocycles. The van der Waals surface area contributed by atoms with Gasteiger partial charge in [0.15, 0.2) is 9.84 Å². The lowest BCUT2D eigenvalue weighted by molar-refractivity contribution is 0.600. The van der Waals surface area contributed by atoms with Crippen LogP contribution in [0.1, 0.15) is 24.0 Å². The molecule has 0 unspecified atom stereocenters. The minimum absolute atomic E-state index is 0.272. The molecular weight excluding hydrogens is 222 g/mol. The van der Waals surface area contributed by atoms with Crippen molar-refractivity contribution in [1.82, 2.24) is 0 Å². The van der Waals surface area contributed by atoms with Crippen molar-refractivity contribution >= 4 is 9.84 Å². The smallest absolute Gasteiger partial charge is 0.178 e. The summed E-state index contributed by atoms with van der Waals surface area (Å²) >= 11 is 0. The van der Waals surface area contributed by atoms with Crippen molar-refractivity contribution < 1.29 is 8.42 Å². The van der Waals surface area contributed by atoms with Crippen LogP contribution in [0.3, 0.4) is 0 Å². The minimum atomic E-state index is -2.97. The van der Waals surface area contributed by atoms with Crippen LogP contribution in [0.25, 0.3) is 0 Å². The minimum Gasteiger partial charge on any atom is -0.330 e. The first-order valence-corrected chi connectivity index (χ1v) is 7.33. The molecule has 4 heteroatoms. The van der Waals surface area contributed by atoms with Gasteiger partial charge in [-0.3, -0.25) is 0 Å². The summed E-state index contributed by atoms with van der Waals surface area (Å²) in [6, 6.07) is 5.73. The largest absolute Gasteiger partial charge is 0.330 e. The molecule has 0 atom stereocenters. The second-order valence-corrected chi connectivity index (χ2v) is 6.33. The summed E-state index contributed by atoms with van der Waals surface area (Å²) < 4.78 is 23.2. The first-order chi connectivity index (χ1) is 7.63. The maximum absolute atomic E-state index is 11.6. The molecule has 1 aromatic rings. The molecule has 2 N–H and O–H groups in total. The summed E-state index contributed by atoms with van der Waals surface area (Å²) in [6.45, 7) is 0.722. The highest BCUT2D eigenvalue weighted by Gasteiger charge is 2.25. The summed E-state index contributed by atoms with van der Waals surface area (Å²) in [5.74, 6) is 0.272. The van der Waals surface area contributed by atoms with Gasteiger partial charge in [0, 0.05) is 0 Å². The van der Waals surface area contributed by atoms with Gasteiger partial charge in [0.2, 0.25) is 0 Å². The summed E-state index contributed by atoms with van der Waals surface area (Å²) in [7, 11) is -2.97. The fraction of sp³-hybridized carbons (Fsp3) is 0.500. The Balaban J connectivity index is 2.16. The molecular formula is C12H17NO2S. The van der Waals surface area contributed by atoms with Crippen molar-refractivity contribution in [3.8, 4) is 0 Å². The molecule has 1 aliphatic heterocycles. The van der Waals surface area contributed by atoms with E-state index in [9.17, 15) is 8.42 Å². The third-order valence-electron chi connectivity index (χ3n) is 3.02. The fourth-order valence-electron chi connectivity index (χ4n) is 2.11. The first-order valence-electron chi connectivity index (χ1n) is 5.68. The molecule has 1 aromatic carbocycles. The van der Waals surface area contributed by atoms with E-state index < -0.39 is 9.84 Å².